The molecule has 0 aromatic rings. The minimum atomic E-state index is -2.50. The van der Waals surface area contributed by atoms with Crippen molar-refractivity contribution in [2.24, 2.45) is 5.41 Å². The Kier molecular flexibility index (Phi) is 7.63. The molecule has 2 fully saturated rings. The molecule has 0 bridgehead atoms. The Hall–Kier alpha value is -1.21. The van der Waals surface area contributed by atoms with Crippen molar-refractivity contribution in [3.8, 4) is 0 Å². The van der Waals surface area contributed by atoms with Crippen LogP contribution >= 0.6 is 0 Å². The van der Waals surface area contributed by atoms with Crippen LogP contribution in [0.4, 0.5) is 4.39 Å². The maximum Gasteiger partial charge on any atom is 0.341 e. The van der Waals surface area contributed by atoms with Crippen molar-refractivity contribution >= 4 is 11.9 Å². The number of carboxylic acid groups (broad SMARTS) is 1. The molecule has 27 heavy (non-hydrogen) atoms. The molecular weight excluding hydrogens is 355 g/mol. The van der Waals surface area contributed by atoms with E-state index in [-0.39, 0.29) is 18.6 Å². The minimum absolute atomic E-state index is 0.233. The van der Waals surface area contributed by atoms with Gasteiger partial charge in [-0.3, -0.25) is 4.79 Å². The molecule has 0 amide bonds. The van der Waals surface area contributed by atoms with Crippen LogP contribution in [0.5, 0.6) is 0 Å². The lowest BCUT2D eigenvalue weighted by Crippen LogP contribution is -2.49. The Balaban J connectivity index is 2.15. The molecule has 4 atom stereocenters. The second-order valence-electron chi connectivity index (χ2n) is 8.27. The van der Waals surface area contributed by atoms with Crippen LogP contribution in [0.25, 0.3) is 0 Å². The average Bonchev–Trinajstić information content (AvgIpc) is 2.66. The fourth-order valence-corrected chi connectivity index (χ4v) is 3.86. The lowest BCUT2D eigenvalue weighted by molar-refractivity contribution is -0.193. The molecule has 2 aliphatic rings. The lowest BCUT2D eigenvalue weighted by Gasteiger charge is -2.39. The van der Waals surface area contributed by atoms with E-state index in [4.69, 9.17) is 19.3 Å². The van der Waals surface area contributed by atoms with E-state index < -0.39 is 35.5 Å². The summed E-state index contributed by atoms with van der Waals surface area (Å²) >= 11 is 0. The van der Waals surface area contributed by atoms with E-state index in [1.54, 1.807) is 13.8 Å². The number of halogens is 1. The quantitative estimate of drug-likeness (QED) is 0.639. The summed E-state index contributed by atoms with van der Waals surface area (Å²) in [7, 11) is 0. The number of esters is 1. The van der Waals surface area contributed by atoms with E-state index >= 15 is 0 Å². The monoisotopic (exact) mass is 388 g/mol. The molecule has 2 rings (SSSR count). The Morgan fingerprint density at radius 2 is 1.63 bits per heavy atom. The normalized spacial score (nSPS) is 29.2. The first-order chi connectivity index (χ1) is 12.7. The highest BCUT2D eigenvalue weighted by Gasteiger charge is 2.47. The van der Waals surface area contributed by atoms with Crippen LogP contribution in [0.2, 0.25) is 0 Å². The third-order valence-corrected chi connectivity index (χ3v) is 5.85. The summed E-state index contributed by atoms with van der Waals surface area (Å²) < 4.78 is 32.0. The Bertz CT molecular complexity index is 493. The molecule has 0 aromatic heterocycles. The van der Waals surface area contributed by atoms with E-state index in [0.717, 1.165) is 45.4 Å². The average molecular weight is 388 g/mol. The largest absolute Gasteiger partial charge is 0.479 e. The van der Waals surface area contributed by atoms with E-state index in [1.807, 2.05) is 0 Å². The van der Waals surface area contributed by atoms with Gasteiger partial charge in [-0.1, -0.05) is 6.92 Å². The van der Waals surface area contributed by atoms with E-state index in [1.165, 1.54) is 0 Å². The maximum absolute atomic E-state index is 14.4. The van der Waals surface area contributed by atoms with Gasteiger partial charge >= 0.3 is 11.9 Å². The fourth-order valence-electron chi connectivity index (χ4n) is 3.86. The number of hydrogen-bond acceptors (Lipinski definition) is 5. The Labute approximate surface area is 160 Å². The SMILES string of the molecule is CCC(C)(CC(C)(F)C(=O)O)C(=O)OC(C1CCCCO1)C1CCCCO1. The van der Waals surface area contributed by atoms with E-state index in [2.05, 4.69) is 0 Å². The Morgan fingerprint density at radius 3 is 2.00 bits per heavy atom. The summed E-state index contributed by atoms with van der Waals surface area (Å²) in [5.41, 5.74) is -3.73. The molecule has 0 saturated carbocycles. The van der Waals surface area contributed by atoms with Gasteiger partial charge in [0.2, 0.25) is 5.67 Å². The maximum atomic E-state index is 14.4. The zero-order chi connectivity index (χ0) is 20.1. The summed E-state index contributed by atoms with van der Waals surface area (Å²) in [4.78, 5) is 24.2. The van der Waals surface area contributed by atoms with Crippen molar-refractivity contribution in [1.82, 2.24) is 0 Å². The summed E-state index contributed by atoms with van der Waals surface area (Å²) in [6.07, 6.45) is 4.37. The fraction of sp³-hybridized carbons (Fsp3) is 0.900. The van der Waals surface area contributed by atoms with Crippen LogP contribution in [-0.2, 0) is 23.8 Å². The van der Waals surface area contributed by atoms with E-state index in [0.29, 0.717) is 13.2 Å². The molecule has 6 nitrogen and oxygen atoms in total. The summed E-state index contributed by atoms with van der Waals surface area (Å²) in [6.45, 7) is 5.54. The molecule has 2 saturated heterocycles. The van der Waals surface area contributed by atoms with E-state index in [9.17, 15) is 14.0 Å². The topological polar surface area (TPSA) is 82.1 Å². The highest BCUT2D eigenvalue weighted by Crippen LogP contribution is 2.37. The predicted molar refractivity (Wildman–Crippen MR) is 97.2 cm³/mol. The first kappa shape index (κ1) is 22.1. The number of alkyl halides is 1. The van der Waals surface area contributed by atoms with Gasteiger partial charge in [0.25, 0.3) is 0 Å². The van der Waals surface area contributed by atoms with Crippen LogP contribution in [0.1, 0.15) is 72.1 Å². The molecule has 0 spiro atoms. The molecule has 4 unspecified atom stereocenters. The highest BCUT2D eigenvalue weighted by atomic mass is 19.1. The van der Waals surface area contributed by atoms with Crippen LogP contribution < -0.4 is 0 Å². The summed E-state index contributed by atoms with van der Waals surface area (Å²) in [5.74, 6) is -2.15. The molecule has 7 heteroatoms. The van der Waals surface area contributed by atoms with Crippen molar-refractivity contribution in [2.75, 3.05) is 13.2 Å². The van der Waals surface area contributed by atoms with Crippen LogP contribution in [0.3, 0.4) is 0 Å². The minimum Gasteiger partial charge on any atom is -0.479 e. The second kappa shape index (κ2) is 9.32. The number of ether oxygens (including phenoxy) is 3. The molecule has 2 aliphatic heterocycles. The molecule has 0 aliphatic carbocycles. The van der Waals surface area contributed by atoms with Gasteiger partial charge in [-0.15, -0.1) is 0 Å². The van der Waals surface area contributed by atoms with Crippen LogP contribution in [-0.4, -0.2) is 54.2 Å². The number of carbonyl (C=O) groups excluding carboxylic acids is 1. The zero-order valence-electron chi connectivity index (χ0n) is 16.7. The highest BCUT2D eigenvalue weighted by molar-refractivity contribution is 5.81. The Morgan fingerprint density at radius 1 is 1.11 bits per heavy atom. The first-order valence-electron chi connectivity index (χ1n) is 10.1. The van der Waals surface area contributed by atoms with Crippen molar-refractivity contribution in [3.05, 3.63) is 0 Å². The van der Waals surface area contributed by atoms with Crippen molar-refractivity contribution < 1.29 is 33.3 Å². The molecular formula is C20H33FO6. The zero-order valence-corrected chi connectivity index (χ0v) is 16.7. The standard InChI is InChI=1S/C20H33FO6/c1-4-19(2,13-20(3,21)17(22)23)18(24)27-16(14-9-5-7-11-25-14)15-10-6-8-12-26-15/h14-16H,4-13H2,1-3H3,(H,22,23). The van der Waals surface area contributed by atoms with Gasteiger partial charge in [0.05, 0.1) is 17.6 Å². The van der Waals surface area contributed by atoms with Crippen LogP contribution in [0.15, 0.2) is 0 Å². The lowest BCUT2D eigenvalue weighted by atomic mass is 9.78. The van der Waals surface area contributed by atoms with Gasteiger partial charge in [-0.25, -0.2) is 9.18 Å². The van der Waals surface area contributed by atoms with Crippen molar-refractivity contribution in [3.63, 3.8) is 0 Å². The number of carboxylic acids is 1. The summed E-state index contributed by atoms with van der Waals surface area (Å²) in [6, 6.07) is 0. The molecule has 1 N–H and O–H groups in total. The number of aliphatic carboxylic acids is 1. The molecule has 0 aromatic carbocycles. The predicted octanol–water partition coefficient (Wildman–Crippen LogP) is 3.66. The van der Waals surface area contributed by atoms with Gasteiger partial charge in [0.1, 0.15) is 0 Å². The molecule has 0 radical (unpaired) electrons. The number of carbonyl (C=O) groups is 2. The number of hydrogen-bond donors (Lipinski definition) is 1. The molecule has 2 heterocycles. The second-order valence-corrected chi connectivity index (χ2v) is 8.27. The van der Waals surface area contributed by atoms with Gasteiger partial charge in [-0.05, 0) is 58.8 Å². The third kappa shape index (κ3) is 5.64. The van der Waals surface area contributed by atoms with Gasteiger partial charge in [0.15, 0.2) is 6.10 Å². The van der Waals surface area contributed by atoms with Gasteiger partial charge in [0, 0.05) is 19.6 Å². The van der Waals surface area contributed by atoms with Crippen molar-refractivity contribution in [2.45, 2.75) is 96.1 Å². The van der Waals surface area contributed by atoms with Crippen LogP contribution in [0, 0.1) is 5.41 Å². The smallest absolute Gasteiger partial charge is 0.341 e. The van der Waals surface area contributed by atoms with Crippen molar-refractivity contribution in [1.29, 1.82) is 0 Å². The summed E-state index contributed by atoms with van der Waals surface area (Å²) in [5, 5.41) is 9.10. The van der Waals surface area contributed by atoms with Gasteiger partial charge < -0.3 is 19.3 Å². The molecule has 156 valence electrons. The van der Waals surface area contributed by atoms with Gasteiger partial charge in [-0.2, -0.15) is 0 Å². The third-order valence-electron chi connectivity index (χ3n) is 5.85. The number of rotatable bonds is 8. The first-order valence-corrected chi connectivity index (χ1v) is 10.1.